The van der Waals surface area contributed by atoms with Crippen molar-refractivity contribution in [1.29, 1.82) is 0 Å². The van der Waals surface area contributed by atoms with E-state index in [9.17, 15) is 9.90 Å². The van der Waals surface area contributed by atoms with E-state index in [0.717, 1.165) is 18.5 Å². The van der Waals surface area contributed by atoms with Gasteiger partial charge in [-0.05, 0) is 37.3 Å². The summed E-state index contributed by atoms with van der Waals surface area (Å²) in [6.07, 6.45) is 3.66. The summed E-state index contributed by atoms with van der Waals surface area (Å²) in [6.45, 7) is 1.36. The van der Waals surface area contributed by atoms with Gasteiger partial charge in [-0.2, -0.15) is 0 Å². The van der Waals surface area contributed by atoms with E-state index in [1.807, 2.05) is 12.1 Å². The molecule has 4 nitrogen and oxygen atoms in total. The normalized spacial score (nSPS) is 29.2. The Morgan fingerprint density at radius 3 is 3.05 bits per heavy atom. The number of aromatic hydroxyl groups is 1. The zero-order valence-electron chi connectivity index (χ0n) is 10.9. The highest BCUT2D eigenvalue weighted by Gasteiger charge is 2.42. The van der Waals surface area contributed by atoms with Crippen molar-refractivity contribution in [2.75, 3.05) is 6.54 Å². The Kier molecular flexibility index (Phi) is 3.42. The zero-order valence-corrected chi connectivity index (χ0v) is 10.9. The number of hydrogen-bond acceptors (Lipinski definition) is 3. The van der Waals surface area contributed by atoms with Crippen LogP contribution in [0.3, 0.4) is 0 Å². The Hall–Kier alpha value is -1.55. The van der Waals surface area contributed by atoms with Crippen molar-refractivity contribution in [3.63, 3.8) is 0 Å². The molecule has 1 aromatic rings. The number of fused-ring (bicyclic) bond motifs is 1. The first-order chi connectivity index (χ1) is 9.25. The van der Waals surface area contributed by atoms with Crippen LogP contribution in [-0.2, 0) is 11.3 Å². The number of phenolic OH excluding ortho intramolecular Hbond substituents is 1. The van der Waals surface area contributed by atoms with Crippen molar-refractivity contribution in [1.82, 2.24) is 10.6 Å². The van der Waals surface area contributed by atoms with Crippen LogP contribution in [0.15, 0.2) is 24.3 Å². The van der Waals surface area contributed by atoms with Crippen LogP contribution in [0, 0.1) is 11.8 Å². The summed E-state index contributed by atoms with van der Waals surface area (Å²) in [5, 5.41) is 15.9. The molecule has 1 aliphatic carbocycles. The fourth-order valence-corrected chi connectivity index (χ4v) is 3.43. The third kappa shape index (κ3) is 2.45. The van der Waals surface area contributed by atoms with E-state index in [1.54, 1.807) is 12.1 Å². The number of phenols is 1. The Balaban J connectivity index is 1.58. The van der Waals surface area contributed by atoms with Crippen LogP contribution in [0.25, 0.3) is 0 Å². The van der Waals surface area contributed by atoms with Gasteiger partial charge in [0.2, 0.25) is 5.91 Å². The lowest BCUT2D eigenvalue weighted by Crippen LogP contribution is -2.43. The smallest absolute Gasteiger partial charge is 0.237 e. The molecule has 4 heteroatoms. The maximum atomic E-state index is 12.2. The molecule has 102 valence electrons. The average Bonchev–Trinajstić information content (AvgIpc) is 2.99. The van der Waals surface area contributed by atoms with Crippen LogP contribution in [0.1, 0.15) is 24.8 Å². The van der Waals surface area contributed by atoms with Crippen molar-refractivity contribution < 1.29 is 9.90 Å². The molecular formula is C15H20N2O2. The Morgan fingerprint density at radius 1 is 1.37 bits per heavy atom. The number of benzene rings is 1. The van der Waals surface area contributed by atoms with Crippen molar-refractivity contribution in [3.8, 4) is 5.75 Å². The van der Waals surface area contributed by atoms with Gasteiger partial charge in [0.1, 0.15) is 5.75 Å². The molecule has 1 aliphatic heterocycles. The van der Waals surface area contributed by atoms with Gasteiger partial charge in [0, 0.05) is 12.1 Å². The number of rotatable bonds is 3. The minimum absolute atomic E-state index is 0.0432. The van der Waals surface area contributed by atoms with E-state index in [1.165, 1.54) is 12.8 Å². The van der Waals surface area contributed by atoms with Crippen molar-refractivity contribution >= 4 is 5.91 Å². The van der Waals surface area contributed by atoms with Gasteiger partial charge in [-0.15, -0.1) is 0 Å². The van der Waals surface area contributed by atoms with Crippen LogP contribution in [0.5, 0.6) is 5.75 Å². The number of carbonyl (C=O) groups is 1. The summed E-state index contributed by atoms with van der Waals surface area (Å²) in [4.78, 5) is 12.2. The fraction of sp³-hybridized carbons (Fsp3) is 0.533. The number of para-hydroxylation sites is 1. The van der Waals surface area contributed by atoms with E-state index >= 15 is 0 Å². The van der Waals surface area contributed by atoms with Gasteiger partial charge in [0.25, 0.3) is 0 Å². The fourth-order valence-electron chi connectivity index (χ4n) is 3.43. The molecule has 0 radical (unpaired) electrons. The van der Waals surface area contributed by atoms with E-state index in [-0.39, 0.29) is 17.7 Å². The molecule has 3 unspecified atom stereocenters. The highest BCUT2D eigenvalue weighted by molar-refractivity contribution is 5.82. The van der Waals surface area contributed by atoms with E-state index in [0.29, 0.717) is 18.4 Å². The van der Waals surface area contributed by atoms with Crippen molar-refractivity contribution in [2.24, 2.45) is 11.8 Å². The number of nitrogens with one attached hydrogen (secondary N) is 2. The van der Waals surface area contributed by atoms with Gasteiger partial charge < -0.3 is 15.7 Å². The summed E-state index contributed by atoms with van der Waals surface area (Å²) in [5.41, 5.74) is 0.761. The Bertz CT molecular complexity index is 475. The highest BCUT2D eigenvalue weighted by atomic mass is 16.3. The summed E-state index contributed by atoms with van der Waals surface area (Å²) in [6, 6.07) is 7.07. The summed E-state index contributed by atoms with van der Waals surface area (Å²) in [5.74, 6) is 1.49. The molecule has 3 N–H and O–H groups in total. The molecular weight excluding hydrogens is 240 g/mol. The molecule has 1 amide bonds. The van der Waals surface area contributed by atoms with Crippen molar-refractivity contribution in [3.05, 3.63) is 29.8 Å². The first-order valence-electron chi connectivity index (χ1n) is 7.03. The molecule has 0 bridgehead atoms. The van der Waals surface area contributed by atoms with Crippen LogP contribution in [-0.4, -0.2) is 23.6 Å². The van der Waals surface area contributed by atoms with E-state index in [2.05, 4.69) is 10.6 Å². The first-order valence-corrected chi connectivity index (χ1v) is 7.03. The Labute approximate surface area is 113 Å². The summed E-state index contributed by atoms with van der Waals surface area (Å²) in [7, 11) is 0. The minimum Gasteiger partial charge on any atom is -0.508 e. The van der Waals surface area contributed by atoms with Crippen LogP contribution in [0.2, 0.25) is 0 Å². The third-order valence-electron chi connectivity index (χ3n) is 4.47. The van der Waals surface area contributed by atoms with Crippen molar-refractivity contribution in [2.45, 2.75) is 31.8 Å². The van der Waals surface area contributed by atoms with Gasteiger partial charge in [-0.25, -0.2) is 0 Å². The second-order valence-corrected chi connectivity index (χ2v) is 5.59. The largest absolute Gasteiger partial charge is 0.508 e. The van der Waals surface area contributed by atoms with Gasteiger partial charge in [-0.3, -0.25) is 4.79 Å². The summed E-state index contributed by atoms with van der Waals surface area (Å²) >= 11 is 0. The molecule has 0 spiro atoms. The second-order valence-electron chi connectivity index (χ2n) is 5.59. The maximum Gasteiger partial charge on any atom is 0.237 e. The lowest BCUT2D eigenvalue weighted by atomic mass is 9.93. The molecule has 19 heavy (non-hydrogen) atoms. The summed E-state index contributed by atoms with van der Waals surface area (Å²) < 4.78 is 0. The lowest BCUT2D eigenvalue weighted by Gasteiger charge is -2.18. The Morgan fingerprint density at radius 2 is 2.21 bits per heavy atom. The molecule has 3 atom stereocenters. The van der Waals surface area contributed by atoms with Gasteiger partial charge in [-0.1, -0.05) is 24.6 Å². The predicted molar refractivity (Wildman–Crippen MR) is 72.6 cm³/mol. The minimum atomic E-state index is -0.0432. The molecule has 0 aromatic heterocycles. The zero-order chi connectivity index (χ0) is 13.2. The van der Waals surface area contributed by atoms with Gasteiger partial charge in [0.15, 0.2) is 0 Å². The number of amides is 1. The van der Waals surface area contributed by atoms with Crippen LogP contribution >= 0.6 is 0 Å². The molecule has 2 fully saturated rings. The molecule has 1 saturated carbocycles. The maximum absolute atomic E-state index is 12.2. The third-order valence-corrected chi connectivity index (χ3v) is 4.47. The van der Waals surface area contributed by atoms with E-state index in [4.69, 9.17) is 0 Å². The average molecular weight is 260 g/mol. The molecule has 3 rings (SSSR count). The number of carbonyl (C=O) groups excluding carboxylic acids is 1. The monoisotopic (exact) mass is 260 g/mol. The topological polar surface area (TPSA) is 61.4 Å². The molecule has 1 saturated heterocycles. The van der Waals surface area contributed by atoms with Crippen LogP contribution in [0.4, 0.5) is 0 Å². The highest BCUT2D eigenvalue weighted by Crippen LogP contribution is 2.37. The molecule has 2 aliphatic rings. The van der Waals surface area contributed by atoms with Gasteiger partial charge in [0.05, 0.1) is 6.04 Å². The quantitative estimate of drug-likeness (QED) is 0.770. The van der Waals surface area contributed by atoms with Crippen LogP contribution < -0.4 is 10.6 Å². The lowest BCUT2D eigenvalue weighted by molar-refractivity contribution is -0.123. The first kappa shape index (κ1) is 12.5. The predicted octanol–water partition coefficient (Wildman–Crippen LogP) is 1.40. The van der Waals surface area contributed by atoms with E-state index < -0.39 is 0 Å². The second kappa shape index (κ2) is 5.21. The SMILES string of the molecule is O=C(NCc1ccccc1O)C1NCC2CCCC21. The number of hydrogen-bond donors (Lipinski definition) is 3. The molecule has 1 heterocycles. The molecule has 1 aromatic carbocycles. The standard InChI is InChI=1S/C15H20N2O2/c18-13-7-2-1-4-11(13)9-17-15(19)14-12-6-3-5-10(12)8-16-14/h1-2,4,7,10,12,14,16,18H,3,5-6,8-9H2,(H,17,19). The van der Waals surface area contributed by atoms with Gasteiger partial charge >= 0.3 is 0 Å².